The first kappa shape index (κ1) is 15.0. The Morgan fingerprint density at radius 3 is 2.68 bits per heavy atom. The molecular weight excluding hydrogens is 272 g/mol. The summed E-state index contributed by atoms with van der Waals surface area (Å²) in [5.74, 6) is -1.63. The Morgan fingerprint density at radius 1 is 1.47 bits per heavy atom. The van der Waals surface area contributed by atoms with Crippen molar-refractivity contribution < 1.29 is 19.4 Å². The predicted octanol–water partition coefficient (Wildman–Crippen LogP) is 2.39. The molecule has 0 heterocycles. The van der Waals surface area contributed by atoms with E-state index in [-0.39, 0.29) is 11.3 Å². The number of carboxylic acid groups (broad SMARTS) is 1. The van der Waals surface area contributed by atoms with E-state index in [1.54, 1.807) is 6.92 Å². The number of halogens is 1. The van der Waals surface area contributed by atoms with E-state index in [0.717, 1.165) is 0 Å². The SMILES string of the molecule is CC/C(=N\Nc1cc(C(=O)O)ccc1Cl)C(=O)OC. The van der Waals surface area contributed by atoms with Crippen molar-refractivity contribution in [3.05, 3.63) is 28.8 Å². The van der Waals surface area contributed by atoms with Crippen molar-refractivity contribution >= 4 is 34.9 Å². The van der Waals surface area contributed by atoms with Gasteiger partial charge in [-0.25, -0.2) is 9.59 Å². The molecule has 1 rings (SSSR count). The number of carboxylic acids is 1. The largest absolute Gasteiger partial charge is 0.478 e. The molecule has 0 unspecified atom stereocenters. The van der Waals surface area contributed by atoms with Crippen LogP contribution in [0.2, 0.25) is 5.02 Å². The molecule has 0 aromatic heterocycles. The number of ether oxygens (including phenoxy) is 1. The van der Waals surface area contributed by atoms with Gasteiger partial charge in [0.15, 0.2) is 0 Å². The highest BCUT2D eigenvalue weighted by molar-refractivity contribution is 6.36. The molecule has 6 nitrogen and oxygen atoms in total. The minimum Gasteiger partial charge on any atom is -0.478 e. The molecule has 1 aromatic rings. The van der Waals surface area contributed by atoms with Gasteiger partial charge >= 0.3 is 11.9 Å². The van der Waals surface area contributed by atoms with Gasteiger partial charge in [0.05, 0.1) is 23.4 Å². The lowest BCUT2D eigenvalue weighted by atomic mass is 10.2. The average molecular weight is 285 g/mol. The summed E-state index contributed by atoms with van der Waals surface area (Å²) in [5.41, 5.74) is 3.12. The van der Waals surface area contributed by atoms with Crippen molar-refractivity contribution in [1.82, 2.24) is 0 Å². The molecule has 0 saturated carbocycles. The van der Waals surface area contributed by atoms with Crippen LogP contribution in [0.25, 0.3) is 0 Å². The molecule has 0 bridgehead atoms. The molecule has 102 valence electrons. The van der Waals surface area contributed by atoms with Crippen LogP contribution in [0.15, 0.2) is 23.3 Å². The van der Waals surface area contributed by atoms with E-state index in [1.165, 1.54) is 25.3 Å². The average Bonchev–Trinajstić information content (AvgIpc) is 2.40. The second kappa shape index (κ2) is 6.75. The number of esters is 1. The zero-order valence-electron chi connectivity index (χ0n) is 10.4. The van der Waals surface area contributed by atoms with Crippen LogP contribution < -0.4 is 5.43 Å². The van der Waals surface area contributed by atoms with Crippen molar-refractivity contribution in [3.8, 4) is 0 Å². The molecule has 2 N–H and O–H groups in total. The van der Waals surface area contributed by atoms with Crippen molar-refractivity contribution in [2.75, 3.05) is 12.5 Å². The number of carbonyl (C=O) groups is 2. The number of anilines is 1. The number of hydrogen-bond acceptors (Lipinski definition) is 5. The highest BCUT2D eigenvalue weighted by Gasteiger charge is 2.10. The number of nitrogens with zero attached hydrogens (tertiary/aromatic N) is 1. The molecule has 0 aliphatic carbocycles. The van der Waals surface area contributed by atoms with Crippen molar-refractivity contribution in [1.29, 1.82) is 0 Å². The van der Waals surface area contributed by atoms with E-state index in [9.17, 15) is 9.59 Å². The molecule has 0 amide bonds. The molecule has 0 atom stereocenters. The molecule has 0 saturated heterocycles. The lowest BCUT2D eigenvalue weighted by Gasteiger charge is -2.06. The monoisotopic (exact) mass is 284 g/mol. The first-order valence-electron chi connectivity index (χ1n) is 5.43. The van der Waals surface area contributed by atoms with Gasteiger partial charge in [0, 0.05) is 0 Å². The number of hydrazone groups is 1. The Hall–Kier alpha value is -2.08. The minimum atomic E-state index is -1.08. The van der Waals surface area contributed by atoms with Gasteiger partial charge in [-0.05, 0) is 24.6 Å². The molecule has 0 aliphatic heterocycles. The molecular formula is C12H13ClN2O4. The Bertz CT molecular complexity index is 528. The number of hydrogen-bond donors (Lipinski definition) is 2. The molecule has 19 heavy (non-hydrogen) atoms. The summed E-state index contributed by atoms with van der Waals surface area (Å²) in [5, 5.41) is 13.0. The van der Waals surface area contributed by atoms with Crippen LogP contribution in [0.4, 0.5) is 5.69 Å². The fourth-order valence-electron chi connectivity index (χ4n) is 1.26. The number of rotatable bonds is 5. The zero-order valence-corrected chi connectivity index (χ0v) is 11.2. The normalized spacial score (nSPS) is 11.0. The summed E-state index contributed by atoms with van der Waals surface area (Å²) in [7, 11) is 1.26. The second-order valence-corrected chi connectivity index (χ2v) is 3.92. The van der Waals surface area contributed by atoms with E-state index in [1.807, 2.05) is 0 Å². The number of benzene rings is 1. The number of methoxy groups -OCH3 is 1. The fraction of sp³-hybridized carbons (Fsp3) is 0.250. The first-order chi connectivity index (χ1) is 8.99. The zero-order chi connectivity index (χ0) is 14.4. The van der Waals surface area contributed by atoms with E-state index in [4.69, 9.17) is 16.7 Å². The van der Waals surface area contributed by atoms with Gasteiger partial charge in [-0.3, -0.25) is 5.43 Å². The maximum absolute atomic E-state index is 11.3. The molecule has 0 aliphatic rings. The lowest BCUT2D eigenvalue weighted by Crippen LogP contribution is -2.16. The standard InChI is InChI=1S/C12H13ClN2O4/c1-3-9(12(18)19-2)14-15-10-6-7(11(16)17)4-5-8(10)13/h4-6,15H,3H2,1-2H3,(H,16,17)/b14-9+. The second-order valence-electron chi connectivity index (χ2n) is 3.52. The highest BCUT2D eigenvalue weighted by atomic mass is 35.5. The van der Waals surface area contributed by atoms with Crippen LogP contribution in [-0.4, -0.2) is 29.9 Å². The molecule has 0 fully saturated rings. The first-order valence-corrected chi connectivity index (χ1v) is 5.81. The van der Waals surface area contributed by atoms with Gasteiger partial charge in [-0.15, -0.1) is 0 Å². The van der Waals surface area contributed by atoms with Crippen LogP contribution in [0.1, 0.15) is 23.7 Å². The van der Waals surface area contributed by atoms with Gasteiger partial charge < -0.3 is 9.84 Å². The third kappa shape index (κ3) is 3.96. The van der Waals surface area contributed by atoms with Gasteiger partial charge in [0.1, 0.15) is 5.71 Å². The molecule has 1 aromatic carbocycles. The maximum atomic E-state index is 11.3. The molecule has 0 spiro atoms. The summed E-state index contributed by atoms with van der Waals surface area (Å²) in [4.78, 5) is 22.1. The summed E-state index contributed by atoms with van der Waals surface area (Å²) in [6, 6.07) is 4.14. The van der Waals surface area contributed by atoms with Crippen LogP contribution in [0.3, 0.4) is 0 Å². The quantitative estimate of drug-likeness (QED) is 0.492. The Labute approximate surface area is 115 Å². The van der Waals surface area contributed by atoms with E-state index >= 15 is 0 Å². The topological polar surface area (TPSA) is 88.0 Å². The van der Waals surface area contributed by atoms with Crippen LogP contribution in [-0.2, 0) is 9.53 Å². The van der Waals surface area contributed by atoms with E-state index in [2.05, 4.69) is 15.3 Å². The van der Waals surface area contributed by atoms with Crippen molar-refractivity contribution in [3.63, 3.8) is 0 Å². The Morgan fingerprint density at radius 2 is 2.16 bits per heavy atom. The Balaban J connectivity index is 2.98. The van der Waals surface area contributed by atoms with Crippen LogP contribution in [0.5, 0.6) is 0 Å². The van der Waals surface area contributed by atoms with Gasteiger partial charge in [-0.2, -0.15) is 5.10 Å². The number of aromatic carboxylic acids is 1. The van der Waals surface area contributed by atoms with Gasteiger partial charge in [0.2, 0.25) is 0 Å². The third-order valence-electron chi connectivity index (χ3n) is 2.28. The summed E-state index contributed by atoms with van der Waals surface area (Å²) < 4.78 is 4.55. The maximum Gasteiger partial charge on any atom is 0.354 e. The van der Waals surface area contributed by atoms with Crippen molar-refractivity contribution in [2.45, 2.75) is 13.3 Å². The molecule has 0 radical (unpaired) electrons. The predicted molar refractivity (Wildman–Crippen MR) is 71.8 cm³/mol. The van der Waals surface area contributed by atoms with E-state index in [0.29, 0.717) is 17.1 Å². The summed E-state index contributed by atoms with van der Waals surface area (Å²) in [6.45, 7) is 1.74. The lowest BCUT2D eigenvalue weighted by molar-refractivity contribution is -0.132. The van der Waals surface area contributed by atoms with Crippen LogP contribution >= 0.6 is 11.6 Å². The van der Waals surface area contributed by atoms with Crippen LogP contribution in [0, 0.1) is 0 Å². The number of nitrogens with one attached hydrogen (secondary N) is 1. The number of carbonyl (C=O) groups excluding carboxylic acids is 1. The highest BCUT2D eigenvalue weighted by Crippen LogP contribution is 2.23. The van der Waals surface area contributed by atoms with E-state index < -0.39 is 11.9 Å². The van der Waals surface area contributed by atoms with Gasteiger partial charge in [-0.1, -0.05) is 18.5 Å². The summed E-state index contributed by atoms with van der Waals surface area (Å²) in [6.07, 6.45) is 0.371. The summed E-state index contributed by atoms with van der Waals surface area (Å²) >= 11 is 5.90. The van der Waals surface area contributed by atoms with Crippen molar-refractivity contribution in [2.24, 2.45) is 5.10 Å². The third-order valence-corrected chi connectivity index (χ3v) is 2.61. The molecule has 7 heteroatoms. The minimum absolute atomic E-state index is 0.0678. The smallest absolute Gasteiger partial charge is 0.354 e. The van der Waals surface area contributed by atoms with Gasteiger partial charge in [0.25, 0.3) is 0 Å². The Kier molecular flexibility index (Phi) is 5.32. The fourth-order valence-corrected chi connectivity index (χ4v) is 1.42.